The molecule has 0 unspecified atom stereocenters. The van der Waals surface area contributed by atoms with Gasteiger partial charge in [-0.05, 0) is 111 Å². The number of benzene rings is 8. The maximum atomic E-state index is 2.44. The molecule has 0 spiro atoms. The zero-order valence-corrected chi connectivity index (χ0v) is 31.1. The summed E-state index contributed by atoms with van der Waals surface area (Å²) in [6.45, 7) is 0. The van der Waals surface area contributed by atoms with Crippen LogP contribution in [0.15, 0.2) is 182 Å². The number of hydrogen-bond acceptors (Lipinski definition) is 2. The molecule has 260 valence electrons. The molecule has 1 saturated carbocycles. The van der Waals surface area contributed by atoms with Crippen molar-refractivity contribution >= 4 is 59.3 Å². The lowest BCUT2D eigenvalue weighted by atomic mass is 9.84. The molecule has 0 saturated heterocycles. The van der Waals surface area contributed by atoms with Crippen molar-refractivity contribution in [3.05, 3.63) is 188 Å². The number of thiophene rings is 1. The molecule has 0 N–H and O–H groups in total. The Morgan fingerprint density at radius 3 is 1.83 bits per heavy atom. The molecular formula is C52H41NS. The normalized spacial score (nSPS) is 13.5. The molecule has 0 aliphatic heterocycles. The molecule has 1 aromatic heterocycles. The molecule has 1 aliphatic carbocycles. The van der Waals surface area contributed by atoms with E-state index < -0.39 is 0 Å². The first-order chi connectivity index (χ1) is 26.8. The monoisotopic (exact) mass is 711 g/mol. The Morgan fingerprint density at radius 2 is 1.02 bits per heavy atom. The molecule has 8 aromatic carbocycles. The van der Waals surface area contributed by atoms with Crippen molar-refractivity contribution in [3.8, 4) is 33.4 Å². The number of hydrogen-bond donors (Lipinski definition) is 0. The smallest absolute Gasteiger partial charge is 0.0476 e. The third-order valence-electron chi connectivity index (χ3n) is 11.5. The van der Waals surface area contributed by atoms with Crippen molar-refractivity contribution in [2.45, 2.75) is 38.0 Å². The average molecular weight is 712 g/mol. The highest BCUT2D eigenvalue weighted by Gasteiger charge is 2.20. The first-order valence-electron chi connectivity index (χ1n) is 19.4. The number of anilines is 3. The first-order valence-corrected chi connectivity index (χ1v) is 20.2. The van der Waals surface area contributed by atoms with Gasteiger partial charge >= 0.3 is 0 Å². The first kappa shape index (κ1) is 32.7. The van der Waals surface area contributed by atoms with Crippen molar-refractivity contribution in [3.63, 3.8) is 0 Å². The molecule has 1 nitrogen and oxygen atoms in total. The Kier molecular flexibility index (Phi) is 8.54. The fourth-order valence-electron chi connectivity index (χ4n) is 8.82. The van der Waals surface area contributed by atoms with Crippen LogP contribution in [0.1, 0.15) is 43.6 Å². The van der Waals surface area contributed by atoms with E-state index in [4.69, 9.17) is 0 Å². The lowest BCUT2D eigenvalue weighted by molar-refractivity contribution is 0.443. The summed E-state index contributed by atoms with van der Waals surface area (Å²) >= 11 is 1.88. The van der Waals surface area contributed by atoms with Crippen LogP contribution >= 0.6 is 11.3 Å². The van der Waals surface area contributed by atoms with E-state index in [2.05, 4.69) is 187 Å². The number of nitrogens with zero attached hydrogens (tertiary/aromatic N) is 1. The van der Waals surface area contributed by atoms with Crippen molar-refractivity contribution in [2.24, 2.45) is 0 Å². The van der Waals surface area contributed by atoms with Crippen LogP contribution in [0, 0.1) is 0 Å². The van der Waals surface area contributed by atoms with Gasteiger partial charge in [-0.1, -0.05) is 159 Å². The molecule has 10 rings (SSSR count). The summed E-state index contributed by atoms with van der Waals surface area (Å²) < 4.78 is 2.64. The van der Waals surface area contributed by atoms with Crippen LogP contribution < -0.4 is 4.90 Å². The van der Waals surface area contributed by atoms with Gasteiger partial charge < -0.3 is 4.90 Å². The highest BCUT2D eigenvalue weighted by molar-refractivity contribution is 7.25. The van der Waals surface area contributed by atoms with Gasteiger partial charge in [0.1, 0.15) is 0 Å². The molecule has 54 heavy (non-hydrogen) atoms. The van der Waals surface area contributed by atoms with Crippen LogP contribution in [0.4, 0.5) is 17.1 Å². The van der Waals surface area contributed by atoms with Gasteiger partial charge in [0.25, 0.3) is 0 Å². The molecule has 2 heteroatoms. The van der Waals surface area contributed by atoms with Crippen LogP contribution in [0.3, 0.4) is 0 Å². The van der Waals surface area contributed by atoms with Gasteiger partial charge in [-0.2, -0.15) is 0 Å². The number of rotatable bonds is 7. The Bertz CT molecular complexity index is 2730. The van der Waals surface area contributed by atoms with Crippen molar-refractivity contribution in [2.75, 3.05) is 4.90 Å². The molecule has 9 aromatic rings. The summed E-state index contributed by atoms with van der Waals surface area (Å²) in [7, 11) is 0. The minimum absolute atomic E-state index is 0.677. The lowest BCUT2D eigenvalue weighted by Gasteiger charge is -2.27. The van der Waals surface area contributed by atoms with Crippen LogP contribution in [0.25, 0.3) is 64.3 Å². The fourth-order valence-corrected chi connectivity index (χ4v) is 9.95. The van der Waals surface area contributed by atoms with E-state index in [0.29, 0.717) is 5.92 Å². The molecule has 0 radical (unpaired) electrons. The van der Waals surface area contributed by atoms with Crippen LogP contribution in [-0.4, -0.2) is 0 Å². The van der Waals surface area contributed by atoms with Crippen LogP contribution in [-0.2, 0) is 0 Å². The quantitative estimate of drug-likeness (QED) is 0.159. The highest BCUT2D eigenvalue weighted by Crippen LogP contribution is 2.45. The molecule has 1 heterocycles. The largest absolute Gasteiger partial charge is 0.310 e. The van der Waals surface area contributed by atoms with Crippen LogP contribution in [0.2, 0.25) is 0 Å². The average Bonchev–Trinajstić information content (AvgIpc) is 3.62. The zero-order chi connectivity index (χ0) is 35.8. The predicted molar refractivity (Wildman–Crippen MR) is 234 cm³/mol. The SMILES string of the molecule is c1ccc(-c2cccc(-c3cccc4ccccc34)c2-c2ccc(N(c3ccc(C4CCCCC4)cc3)c3ccc4c(c3)sc3ccccc34)cc2)cc1. The fraction of sp³-hybridized carbons (Fsp3) is 0.115. The van der Waals surface area contributed by atoms with Crippen LogP contribution in [0.5, 0.6) is 0 Å². The van der Waals surface area contributed by atoms with E-state index in [1.807, 2.05) is 11.3 Å². The summed E-state index contributed by atoms with van der Waals surface area (Å²) in [6.07, 6.45) is 6.67. The topological polar surface area (TPSA) is 3.24 Å². The van der Waals surface area contributed by atoms with Gasteiger partial charge in [0.2, 0.25) is 0 Å². The maximum absolute atomic E-state index is 2.44. The van der Waals surface area contributed by atoms with Gasteiger partial charge in [0.15, 0.2) is 0 Å². The summed E-state index contributed by atoms with van der Waals surface area (Å²) in [5.74, 6) is 0.677. The highest BCUT2D eigenvalue weighted by atomic mass is 32.1. The standard InChI is InChI=1S/C52H41NS/c1-3-13-36(14-4-1)37-25-29-41(30-26-37)53(43-33-34-48-47-20-9-10-24-50(47)54-51(48)35-43)42-31-27-40(28-32-42)52-45(39-15-5-2-6-16-39)21-12-23-49(52)46-22-11-18-38-17-7-8-19-44(38)46/h2,5-12,15-36H,1,3-4,13-14H2. The van der Waals surface area contributed by atoms with Gasteiger partial charge in [0.05, 0.1) is 0 Å². The lowest BCUT2D eigenvalue weighted by Crippen LogP contribution is -2.10. The molecule has 0 atom stereocenters. The second kappa shape index (κ2) is 14.1. The minimum atomic E-state index is 0.677. The zero-order valence-electron chi connectivity index (χ0n) is 30.3. The van der Waals surface area contributed by atoms with E-state index in [1.165, 1.54) is 113 Å². The van der Waals surface area contributed by atoms with E-state index in [-0.39, 0.29) is 0 Å². The van der Waals surface area contributed by atoms with E-state index in [9.17, 15) is 0 Å². The Morgan fingerprint density at radius 1 is 0.407 bits per heavy atom. The molecule has 1 fully saturated rings. The minimum Gasteiger partial charge on any atom is -0.310 e. The summed E-state index contributed by atoms with van der Waals surface area (Å²) in [5, 5.41) is 5.17. The van der Waals surface area contributed by atoms with Crippen molar-refractivity contribution in [1.29, 1.82) is 0 Å². The second-order valence-electron chi connectivity index (χ2n) is 14.7. The van der Waals surface area contributed by atoms with E-state index in [1.54, 1.807) is 0 Å². The van der Waals surface area contributed by atoms with Gasteiger partial charge in [-0.25, -0.2) is 0 Å². The van der Waals surface area contributed by atoms with Gasteiger partial charge in [-0.15, -0.1) is 11.3 Å². The maximum Gasteiger partial charge on any atom is 0.0476 e. The van der Waals surface area contributed by atoms with Gasteiger partial charge in [0, 0.05) is 37.2 Å². The Balaban J connectivity index is 1.12. The van der Waals surface area contributed by atoms with E-state index >= 15 is 0 Å². The predicted octanol–water partition coefficient (Wildman–Crippen LogP) is 15.7. The summed E-state index contributed by atoms with van der Waals surface area (Å²) in [6, 6.07) is 67.5. The Hall–Kier alpha value is -5.96. The third kappa shape index (κ3) is 5.97. The third-order valence-corrected chi connectivity index (χ3v) is 12.6. The van der Waals surface area contributed by atoms with Gasteiger partial charge in [-0.3, -0.25) is 0 Å². The number of fused-ring (bicyclic) bond motifs is 4. The Labute approximate surface area is 321 Å². The second-order valence-corrected chi connectivity index (χ2v) is 15.8. The summed E-state index contributed by atoms with van der Waals surface area (Å²) in [4.78, 5) is 2.44. The van der Waals surface area contributed by atoms with Crippen molar-refractivity contribution in [1.82, 2.24) is 0 Å². The molecular weight excluding hydrogens is 671 g/mol. The molecule has 1 aliphatic rings. The summed E-state index contributed by atoms with van der Waals surface area (Å²) in [5.41, 5.74) is 12.4. The molecule has 0 bridgehead atoms. The van der Waals surface area contributed by atoms with E-state index in [0.717, 1.165) is 5.69 Å². The van der Waals surface area contributed by atoms with Crippen molar-refractivity contribution < 1.29 is 0 Å². The molecule has 0 amide bonds.